The summed E-state index contributed by atoms with van der Waals surface area (Å²) in [6, 6.07) is 7.83. The molecule has 0 saturated carbocycles. The van der Waals surface area contributed by atoms with E-state index in [9.17, 15) is 33.9 Å². The van der Waals surface area contributed by atoms with Gasteiger partial charge < -0.3 is 40.5 Å². The molecule has 0 aliphatic rings. The second kappa shape index (κ2) is 12.0. The number of carbonyl (C=O) groups excluding carboxylic acids is 1. The Morgan fingerprint density at radius 3 is 1.28 bits per heavy atom. The normalized spacial score (nSPS) is 12.3. The van der Waals surface area contributed by atoms with Gasteiger partial charge in [-0.1, -0.05) is 18.2 Å². The van der Waals surface area contributed by atoms with Gasteiger partial charge >= 0.3 is 35.8 Å². The van der Waals surface area contributed by atoms with Crippen LogP contribution in [-0.2, 0) is 28.8 Å². The lowest BCUT2D eigenvalue weighted by Crippen LogP contribution is -2.43. The maximum absolute atomic E-state index is 11.5. The lowest BCUT2D eigenvalue weighted by molar-refractivity contribution is -0.170. The molecule has 0 fully saturated rings. The Labute approximate surface area is 178 Å². The van der Waals surface area contributed by atoms with E-state index < -0.39 is 72.7 Å². The number of carbonyl (C=O) groups is 6. The molecule has 1 rings (SSSR count). The molecule has 7 N–H and O–H groups in total. The highest BCUT2D eigenvalue weighted by molar-refractivity contribution is 5.89. The van der Waals surface area contributed by atoms with Crippen LogP contribution in [0, 0.1) is 0 Å². The summed E-state index contributed by atoms with van der Waals surface area (Å²) < 4.78 is 4.79. The van der Waals surface area contributed by atoms with Gasteiger partial charge in [-0.15, -0.1) is 0 Å². The van der Waals surface area contributed by atoms with E-state index in [4.69, 9.17) is 35.4 Å². The van der Waals surface area contributed by atoms with Gasteiger partial charge in [-0.05, 0) is 12.1 Å². The summed E-state index contributed by atoms with van der Waals surface area (Å²) in [5, 5.41) is 60.7. The van der Waals surface area contributed by atoms with Gasteiger partial charge in [-0.25, -0.2) is 9.59 Å². The Bertz CT molecular complexity index is 846. The molecule has 0 spiro atoms. The predicted octanol–water partition coefficient (Wildman–Crippen LogP) is -0.976. The van der Waals surface area contributed by atoms with Gasteiger partial charge in [-0.3, -0.25) is 19.2 Å². The van der Waals surface area contributed by atoms with Crippen LogP contribution in [0.5, 0.6) is 5.75 Å². The average molecular weight is 460 g/mol. The summed E-state index contributed by atoms with van der Waals surface area (Å²) in [6.07, 6.45) is -4.33. The molecule has 1 aromatic rings. The molecule has 32 heavy (non-hydrogen) atoms. The van der Waals surface area contributed by atoms with Crippen LogP contribution in [0.1, 0.15) is 25.7 Å². The van der Waals surface area contributed by atoms with E-state index in [-0.39, 0.29) is 5.75 Å². The van der Waals surface area contributed by atoms with Crippen LogP contribution in [0.25, 0.3) is 0 Å². The molecule has 0 aliphatic carbocycles. The molecule has 176 valence electrons. The predicted molar refractivity (Wildman–Crippen MR) is 98.6 cm³/mol. The van der Waals surface area contributed by atoms with Crippen LogP contribution < -0.4 is 4.74 Å². The quantitative estimate of drug-likeness (QED) is 0.155. The van der Waals surface area contributed by atoms with E-state index in [1.165, 1.54) is 12.1 Å². The smallest absolute Gasteiger partial charge is 0.336 e. The van der Waals surface area contributed by atoms with Crippen molar-refractivity contribution in [3.05, 3.63) is 30.3 Å². The molecule has 0 amide bonds. The molecule has 14 heteroatoms. The van der Waals surface area contributed by atoms with Crippen LogP contribution in [0.2, 0.25) is 0 Å². The van der Waals surface area contributed by atoms with E-state index in [0.717, 1.165) is 0 Å². The van der Waals surface area contributed by atoms with Gasteiger partial charge in [-0.2, -0.15) is 0 Å². The van der Waals surface area contributed by atoms with Crippen LogP contribution in [-0.4, -0.2) is 82.8 Å². The third-order valence-corrected chi connectivity index (χ3v) is 3.54. The van der Waals surface area contributed by atoms with Crippen molar-refractivity contribution in [2.75, 3.05) is 0 Å². The number of ether oxygens (including phenoxy) is 1. The Morgan fingerprint density at radius 2 is 0.969 bits per heavy atom. The lowest BCUT2D eigenvalue weighted by atomic mass is 9.96. The van der Waals surface area contributed by atoms with E-state index in [2.05, 4.69) is 0 Å². The van der Waals surface area contributed by atoms with Crippen molar-refractivity contribution < 1.29 is 69.2 Å². The van der Waals surface area contributed by atoms with Crippen molar-refractivity contribution in [1.29, 1.82) is 0 Å². The summed E-state index contributed by atoms with van der Waals surface area (Å²) in [5.41, 5.74) is -5.42. The maximum atomic E-state index is 11.5. The number of carboxylic acid groups (broad SMARTS) is 5. The third kappa shape index (κ3) is 10.1. The Hall–Kier alpha value is -4.04. The first-order valence-electron chi connectivity index (χ1n) is 8.44. The van der Waals surface area contributed by atoms with Crippen LogP contribution in [0.4, 0.5) is 0 Å². The van der Waals surface area contributed by atoms with Gasteiger partial charge in [0, 0.05) is 0 Å². The highest BCUT2D eigenvalue weighted by Gasteiger charge is 2.42. The maximum Gasteiger partial charge on any atom is 0.336 e. The molecule has 0 aromatic heterocycles. The van der Waals surface area contributed by atoms with Crippen LogP contribution >= 0.6 is 0 Å². The van der Waals surface area contributed by atoms with Crippen molar-refractivity contribution in [2.24, 2.45) is 0 Å². The van der Waals surface area contributed by atoms with Crippen LogP contribution in [0.15, 0.2) is 30.3 Å². The Morgan fingerprint density at radius 1 is 0.625 bits per heavy atom. The van der Waals surface area contributed by atoms with E-state index >= 15 is 0 Å². The molecule has 1 unspecified atom stereocenters. The van der Waals surface area contributed by atoms with Gasteiger partial charge in [0.05, 0.1) is 25.7 Å². The van der Waals surface area contributed by atoms with Crippen molar-refractivity contribution in [1.82, 2.24) is 0 Å². The summed E-state index contributed by atoms with van der Waals surface area (Å²) in [4.78, 5) is 63.3. The standard InChI is InChI=1S/C12H12O7.C6H8O7/c13-9(14)6-12(18,11(16)17)7-10(15)19-8-4-2-1-3-5-8;7-3(8)1-6(13,5(11)12)2-4(9)10/h1-5,18H,6-7H2,(H,13,14)(H,16,17);13H,1-2H2,(H,7,8)(H,9,10)(H,11,12). The minimum atomic E-state index is -2.74. The minimum Gasteiger partial charge on any atom is -0.481 e. The van der Waals surface area contributed by atoms with Gasteiger partial charge in [0.2, 0.25) is 0 Å². The Balaban J connectivity index is 0.000000649. The van der Waals surface area contributed by atoms with Gasteiger partial charge in [0.1, 0.15) is 5.75 Å². The number of hydrogen-bond donors (Lipinski definition) is 7. The minimum absolute atomic E-state index is 0.176. The zero-order valence-corrected chi connectivity index (χ0v) is 16.2. The molecular weight excluding hydrogens is 440 g/mol. The van der Waals surface area contributed by atoms with Crippen molar-refractivity contribution in [3.63, 3.8) is 0 Å². The summed E-state index contributed by atoms with van der Waals surface area (Å²) in [5.74, 6) is -9.19. The first-order valence-corrected chi connectivity index (χ1v) is 8.44. The fraction of sp³-hybridized carbons (Fsp3) is 0.333. The molecule has 0 saturated heterocycles. The molecule has 0 bridgehead atoms. The third-order valence-electron chi connectivity index (χ3n) is 3.54. The monoisotopic (exact) mass is 460 g/mol. The second-order valence-corrected chi connectivity index (χ2v) is 6.35. The number of esters is 1. The first-order chi connectivity index (χ1) is 14.6. The largest absolute Gasteiger partial charge is 0.481 e. The van der Waals surface area contributed by atoms with Crippen molar-refractivity contribution >= 4 is 35.8 Å². The summed E-state index contributed by atoms with van der Waals surface area (Å²) in [6.45, 7) is 0. The summed E-state index contributed by atoms with van der Waals surface area (Å²) >= 11 is 0. The first kappa shape index (κ1) is 28.0. The zero-order chi connectivity index (χ0) is 25.1. The molecule has 1 atom stereocenters. The number of carboxylic acids is 5. The number of rotatable bonds is 11. The van der Waals surface area contributed by atoms with Crippen molar-refractivity contribution in [2.45, 2.75) is 36.9 Å². The highest BCUT2D eigenvalue weighted by Crippen LogP contribution is 2.19. The Kier molecular flexibility index (Phi) is 10.5. The van der Waals surface area contributed by atoms with E-state index in [1.54, 1.807) is 18.2 Å². The lowest BCUT2D eigenvalue weighted by Gasteiger charge is -2.20. The summed E-state index contributed by atoms with van der Waals surface area (Å²) in [7, 11) is 0. The zero-order valence-electron chi connectivity index (χ0n) is 16.2. The fourth-order valence-electron chi connectivity index (χ4n) is 2.07. The number of aliphatic hydroxyl groups is 2. The van der Waals surface area contributed by atoms with Gasteiger partial charge in [0.25, 0.3) is 0 Å². The molecule has 14 nitrogen and oxygen atoms in total. The molecule has 0 aliphatic heterocycles. The number of benzene rings is 1. The van der Waals surface area contributed by atoms with Gasteiger partial charge in [0.15, 0.2) is 11.2 Å². The van der Waals surface area contributed by atoms with E-state index in [1.807, 2.05) is 0 Å². The van der Waals surface area contributed by atoms with Crippen molar-refractivity contribution in [3.8, 4) is 5.75 Å². The average Bonchev–Trinajstić information content (AvgIpc) is 2.60. The number of para-hydroxylation sites is 1. The SMILES string of the molecule is O=C(O)CC(O)(CC(=O)O)C(=O)O.O=C(O)CC(O)(CC(=O)Oc1ccccc1)C(=O)O. The molecule has 0 heterocycles. The molecule has 0 radical (unpaired) electrons. The number of aliphatic carboxylic acids is 5. The molecular formula is C18H20O14. The topological polar surface area (TPSA) is 253 Å². The molecule has 1 aromatic carbocycles. The number of hydrogen-bond acceptors (Lipinski definition) is 9. The second-order valence-electron chi connectivity index (χ2n) is 6.35. The van der Waals surface area contributed by atoms with Crippen LogP contribution in [0.3, 0.4) is 0 Å². The highest BCUT2D eigenvalue weighted by atomic mass is 16.5. The fourth-order valence-corrected chi connectivity index (χ4v) is 2.07. The van der Waals surface area contributed by atoms with E-state index in [0.29, 0.717) is 0 Å².